The molecule has 30 heavy (non-hydrogen) atoms. The second kappa shape index (κ2) is 7.32. The number of ether oxygens (including phenoxy) is 1. The first-order valence-corrected chi connectivity index (χ1v) is 10.5. The van der Waals surface area contributed by atoms with E-state index in [0.29, 0.717) is 52.3 Å². The monoisotopic (exact) mass is 428 g/mol. The van der Waals surface area contributed by atoms with Crippen molar-refractivity contribution in [1.82, 2.24) is 14.5 Å². The second-order valence-electron chi connectivity index (χ2n) is 8.06. The Morgan fingerprint density at radius 2 is 2.03 bits per heavy atom. The number of anilines is 1. The number of morpholine rings is 1. The van der Waals surface area contributed by atoms with Crippen LogP contribution in [0.25, 0.3) is 22.2 Å². The van der Waals surface area contributed by atoms with Crippen LogP contribution in [-0.4, -0.2) is 40.3 Å². The number of rotatable bonds is 3. The van der Waals surface area contributed by atoms with Crippen LogP contribution in [0.4, 0.5) is 10.2 Å². The van der Waals surface area contributed by atoms with E-state index in [1.54, 1.807) is 26.1 Å². The summed E-state index contributed by atoms with van der Waals surface area (Å²) in [5.41, 5.74) is 0.790. The van der Waals surface area contributed by atoms with E-state index in [9.17, 15) is 9.18 Å². The molecule has 156 valence electrons. The summed E-state index contributed by atoms with van der Waals surface area (Å²) in [6.45, 7) is 3.82. The van der Waals surface area contributed by atoms with Crippen molar-refractivity contribution in [2.24, 2.45) is 13.0 Å². The summed E-state index contributed by atoms with van der Waals surface area (Å²) in [6, 6.07) is 6.23. The highest BCUT2D eigenvalue weighted by molar-refractivity contribution is 6.30. The molecule has 1 saturated carbocycles. The average Bonchev–Trinajstić information content (AvgIpc) is 3.57. The van der Waals surface area contributed by atoms with E-state index < -0.39 is 5.82 Å². The molecule has 2 fully saturated rings. The highest BCUT2D eigenvalue weighted by Gasteiger charge is 2.36. The summed E-state index contributed by atoms with van der Waals surface area (Å²) in [5, 5.41) is 0.596. The first-order chi connectivity index (χ1) is 14.4. The number of aryl methyl sites for hydroxylation is 1. The molecule has 0 amide bonds. The van der Waals surface area contributed by atoms with Crippen molar-refractivity contribution in [3.8, 4) is 11.3 Å². The van der Waals surface area contributed by atoms with Gasteiger partial charge in [-0.25, -0.2) is 14.4 Å². The van der Waals surface area contributed by atoms with Crippen LogP contribution < -0.4 is 10.5 Å². The van der Waals surface area contributed by atoms with Gasteiger partial charge >= 0.3 is 0 Å². The predicted octanol–water partition coefficient (Wildman–Crippen LogP) is 3.71. The zero-order valence-corrected chi connectivity index (χ0v) is 17.6. The number of fused-ring (bicyclic) bond motifs is 1. The average molecular weight is 429 g/mol. The van der Waals surface area contributed by atoms with Gasteiger partial charge in [0, 0.05) is 36.8 Å². The molecule has 0 bridgehead atoms. The van der Waals surface area contributed by atoms with Crippen LogP contribution in [0.1, 0.15) is 18.7 Å². The van der Waals surface area contributed by atoms with E-state index in [0.717, 1.165) is 6.54 Å². The third kappa shape index (κ3) is 3.36. The van der Waals surface area contributed by atoms with Crippen LogP contribution in [0.3, 0.4) is 0 Å². The van der Waals surface area contributed by atoms with Gasteiger partial charge in [0.25, 0.3) is 5.56 Å². The maximum Gasteiger partial charge on any atom is 0.263 e. The minimum atomic E-state index is -0.520. The van der Waals surface area contributed by atoms with Crippen LogP contribution in [0, 0.1) is 18.7 Å². The fourth-order valence-electron chi connectivity index (χ4n) is 4.06. The fraction of sp³-hybridized carbons (Fsp3) is 0.409. The van der Waals surface area contributed by atoms with Crippen LogP contribution in [0.5, 0.6) is 0 Å². The molecule has 8 heteroatoms. The lowest BCUT2D eigenvalue weighted by Crippen LogP contribution is -2.44. The van der Waals surface area contributed by atoms with Gasteiger partial charge < -0.3 is 9.64 Å². The zero-order chi connectivity index (χ0) is 21.0. The zero-order valence-electron chi connectivity index (χ0n) is 16.9. The van der Waals surface area contributed by atoms with Gasteiger partial charge in [-0.1, -0.05) is 11.6 Å². The lowest BCUT2D eigenvalue weighted by atomic mass is 10.1. The third-order valence-electron chi connectivity index (χ3n) is 6.02. The van der Waals surface area contributed by atoms with Gasteiger partial charge in [-0.3, -0.25) is 9.36 Å². The molecule has 0 N–H and O–H groups in total. The molecular formula is C22H22ClFN4O2. The first-order valence-electron chi connectivity index (χ1n) is 10.1. The molecule has 3 heterocycles. The number of hydrogen-bond acceptors (Lipinski definition) is 5. The molecule has 5 rings (SSSR count). The minimum absolute atomic E-state index is 0.185. The Hall–Kier alpha value is -2.51. The molecule has 1 aliphatic carbocycles. The van der Waals surface area contributed by atoms with Gasteiger partial charge in [0.1, 0.15) is 17.5 Å². The van der Waals surface area contributed by atoms with E-state index in [1.165, 1.54) is 23.5 Å². The van der Waals surface area contributed by atoms with E-state index in [4.69, 9.17) is 21.3 Å². The molecule has 1 aromatic carbocycles. The van der Waals surface area contributed by atoms with Crippen molar-refractivity contribution in [2.45, 2.75) is 25.9 Å². The summed E-state index contributed by atoms with van der Waals surface area (Å²) >= 11 is 5.94. The molecule has 0 spiro atoms. The van der Waals surface area contributed by atoms with Crippen molar-refractivity contribution < 1.29 is 9.13 Å². The molecule has 0 radical (unpaired) electrons. The molecule has 2 aliphatic rings. The molecule has 1 atom stereocenters. The highest BCUT2D eigenvalue weighted by atomic mass is 35.5. The number of halogens is 2. The van der Waals surface area contributed by atoms with E-state index in [-0.39, 0.29) is 17.2 Å². The van der Waals surface area contributed by atoms with Gasteiger partial charge in [0.05, 0.1) is 29.3 Å². The Balaban J connectivity index is 1.71. The quantitative estimate of drug-likeness (QED) is 0.636. The Labute approximate surface area is 178 Å². The molecule has 0 unspecified atom stereocenters. The molecule has 1 saturated heterocycles. The van der Waals surface area contributed by atoms with Crippen LogP contribution >= 0.6 is 11.6 Å². The second-order valence-corrected chi connectivity index (χ2v) is 8.50. The van der Waals surface area contributed by atoms with Gasteiger partial charge in [-0.15, -0.1) is 0 Å². The molecule has 1 aliphatic heterocycles. The Morgan fingerprint density at radius 3 is 2.77 bits per heavy atom. The van der Waals surface area contributed by atoms with Crippen molar-refractivity contribution in [3.63, 3.8) is 0 Å². The predicted molar refractivity (Wildman–Crippen MR) is 115 cm³/mol. The lowest BCUT2D eigenvalue weighted by Gasteiger charge is -2.34. The molecule has 3 aromatic rings. The smallest absolute Gasteiger partial charge is 0.263 e. The highest BCUT2D eigenvalue weighted by Crippen LogP contribution is 2.37. The summed E-state index contributed by atoms with van der Waals surface area (Å²) in [5.74, 6) is 1.36. The van der Waals surface area contributed by atoms with Gasteiger partial charge in [0.2, 0.25) is 0 Å². The van der Waals surface area contributed by atoms with E-state index in [1.807, 2.05) is 6.07 Å². The lowest BCUT2D eigenvalue weighted by molar-refractivity contribution is 0.0261. The molecule has 6 nitrogen and oxygen atoms in total. The first kappa shape index (κ1) is 19.5. The topological polar surface area (TPSA) is 60.2 Å². The number of benzene rings is 1. The Bertz CT molecular complexity index is 1210. The normalized spacial score (nSPS) is 19.5. The van der Waals surface area contributed by atoms with Gasteiger partial charge in [0.15, 0.2) is 0 Å². The number of hydrogen-bond donors (Lipinski definition) is 0. The van der Waals surface area contributed by atoms with Crippen LogP contribution in [-0.2, 0) is 11.8 Å². The summed E-state index contributed by atoms with van der Waals surface area (Å²) in [7, 11) is 1.65. The standard InChI is InChI=1S/C22H22ClFN4O2/c1-12-25-17-10-19(28-7-8-30-18(11-28)13-3-4-13)26-21(20(17)22(29)27(12)2)15-6-5-14(23)9-16(15)24/h5-6,9-10,13,18H,3-4,7-8,11H2,1-2H3/t18-/m0/s1. The van der Waals surface area contributed by atoms with E-state index >= 15 is 0 Å². The Kier molecular flexibility index (Phi) is 4.75. The van der Waals surface area contributed by atoms with Gasteiger partial charge in [-0.2, -0.15) is 0 Å². The third-order valence-corrected chi connectivity index (χ3v) is 6.26. The van der Waals surface area contributed by atoms with Crippen molar-refractivity contribution >= 4 is 28.3 Å². The number of pyridine rings is 1. The van der Waals surface area contributed by atoms with Crippen LogP contribution in [0.15, 0.2) is 29.1 Å². The van der Waals surface area contributed by atoms with Crippen molar-refractivity contribution in [3.05, 3.63) is 51.3 Å². The Morgan fingerprint density at radius 1 is 1.23 bits per heavy atom. The summed E-state index contributed by atoms with van der Waals surface area (Å²) < 4.78 is 22.2. The van der Waals surface area contributed by atoms with Crippen LogP contribution in [0.2, 0.25) is 5.02 Å². The van der Waals surface area contributed by atoms with Gasteiger partial charge in [-0.05, 0) is 43.9 Å². The minimum Gasteiger partial charge on any atom is -0.374 e. The molecule has 2 aromatic heterocycles. The number of nitrogens with zero attached hydrogens (tertiary/aromatic N) is 4. The maximum absolute atomic E-state index is 14.8. The number of aromatic nitrogens is 3. The fourth-order valence-corrected chi connectivity index (χ4v) is 4.22. The summed E-state index contributed by atoms with van der Waals surface area (Å²) in [4.78, 5) is 24.6. The summed E-state index contributed by atoms with van der Waals surface area (Å²) in [6.07, 6.45) is 2.58. The SMILES string of the molecule is Cc1nc2cc(N3CCO[C@H](C4CC4)C3)nc(-c3ccc(Cl)cc3F)c2c(=O)n1C. The molecular weight excluding hydrogens is 407 g/mol. The maximum atomic E-state index is 14.8. The van der Waals surface area contributed by atoms with Crippen molar-refractivity contribution in [2.75, 3.05) is 24.6 Å². The van der Waals surface area contributed by atoms with E-state index in [2.05, 4.69) is 9.88 Å². The largest absolute Gasteiger partial charge is 0.374 e. The van der Waals surface area contributed by atoms with Crippen molar-refractivity contribution in [1.29, 1.82) is 0 Å².